The van der Waals surface area contributed by atoms with Gasteiger partial charge in [0.2, 0.25) is 0 Å². The summed E-state index contributed by atoms with van der Waals surface area (Å²) < 4.78 is 12.8. The quantitative estimate of drug-likeness (QED) is 0.560. The molecule has 0 radical (unpaired) electrons. The summed E-state index contributed by atoms with van der Waals surface area (Å²) in [6.07, 6.45) is 0.968. The number of halogens is 1. The molecule has 1 aromatic carbocycles. The van der Waals surface area contributed by atoms with Gasteiger partial charge in [-0.05, 0) is 37.6 Å². The van der Waals surface area contributed by atoms with E-state index in [0.717, 1.165) is 24.1 Å². The van der Waals surface area contributed by atoms with Crippen molar-refractivity contribution < 1.29 is 4.39 Å². The normalized spacial score (nSPS) is 10.1. The molecule has 0 aromatic heterocycles. The highest BCUT2D eigenvalue weighted by atomic mass is 19.1. The Morgan fingerprint density at radius 2 is 2.29 bits per heavy atom. The zero-order valence-corrected chi connectivity index (χ0v) is 8.52. The van der Waals surface area contributed by atoms with Crippen molar-refractivity contribution in [1.82, 2.24) is 5.32 Å². The Bertz CT molecular complexity index is 307. The molecule has 0 unspecified atom stereocenters. The molecule has 1 nitrogen and oxygen atoms in total. The van der Waals surface area contributed by atoms with Gasteiger partial charge in [0.1, 0.15) is 5.82 Å². The first-order valence-corrected chi connectivity index (χ1v) is 4.78. The largest absolute Gasteiger partial charge is 0.312 e. The highest BCUT2D eigenvalue weighted by molar-refractivity contribution is 5.15. The molecule has 0 heterocycles. The van der Waals surface area contributed by atoms with Crippen LogP contribution in [0.2, 0.25) is 0 Å². The summed E-state index contributed by atoms with van der Waals surface area (Å²) in [7, 11) is 0. The number of nitrogens with one attached hydrogen (secondary N) is 1. The van der Waals surface area contributed by atoms with Gasteiger partial charge in [-0.15, -0.1) is 6.58 Å². The molecule has 0 atom stereocenters. The Labute approximate surface area is 84.6 Å². The van der Waals surface area contributed by atoms with E-state index in [4.69, 9.17) is 0 Å². The molecule has 2 heteroatoms. The standard InChI is InChI=1S/C12H16FN/c1-10(2)6-7-14-9-11-4-3-5-12(13)8-11/h3-5,8,14H,1,6-7,9H2,2H3. The van der Waals surface area contributed by atoms with Gasteiger partial charge in [0.15, 0.2) is 0 Å². The Kier molecular flexibility index (Phi) is 4.33. The fraction of sp³-hybridized carbons (Fsp3) is 0.333. The predicted molar refractivity (Wildman–Crippen MR) is 57.5 cm³/mol. The van der Waals surface area contributed by atoms with Crippen LogP contribution < -0.4 is 5.32 Å². The van der Waals surface area contributed by atoms with E-state index in [9.17, 15) is 4.39 Å². The van der Waals surface area contributed by atoms with Crippen LogP contribution >= 0.6 is 0 Å². The van der Waals surface area contributed by atoms with E-state index in [2.05, 4.69) is 11.9 Å². The second-order valence-electron chi connectivity index (χ2n) is 3.51. The lowest BCUT2D eigenvalue weighted by Gasteiger charge is -2.04. The van der Waals surface area contributed by atoms with Gasteiger partial charge in [0.05, 0.1) is 0 Å². The first-order chi connectivity index (χ1) is 6.68. The minimum Gasteiger partial charge on any atom is -0.312 e. The van der Waals surface area contributed by atoms with E-state index in [-0.39, 0.29) is 5.82 Å². The average molecular weight is 193 g/mol. The monoisotopic (exact) mass is 193 g/mol. The molecule has 0 fully saturated rings. The van der Waals surface area contributed by atoms with Crippen molar-refractivity contribution in [1.29, 1.82) is 0 Å². The molecule has 0 aliphatic rings. The zero-order valence-electron chi connectivity index (χ0n) is 8.52. The van der Waals surface area contributed by atoms with E-state index in [1.165, 1.54) is 6.07 Å². The summed E-state index contributed by atoms with van der Waals surface area (Å²) in [5, 5.41) is 3.23. The number of hydrogen-bond donors (Lipinski definition) is 1. The van der Waals surface area contributed by atoms with Gasteiger partial charge in [-0.3, -0.25) is 0 Å². The Morgan fingerprint density at radius 3 is 2.93 bits per heavy atom. The first-order valence-electron chi connectivity index (χ1n) is 4.78. The van der Waals surface area contributed by atoms with Crippen molar-refractivity contribution in [3.05, 3.63) is 47.8 Å². The SMILES string of the molecule is C=C(C)CCNCc1cccc(F)c1. The highest BCUT2D eigenvalue weighted by Crippen LogP contribution is 2.03. The number of benzene rings is 1. The maximum absolute atomic E-state index is 12.8. The van der Waals surface area contributed by atoms with Gasteiger partial charge in [-0.1, -0.05) is 17.7 Å². The Balaban J connectivity index is 2.28. The maximum atomic E-state index is 12.8. The molecule has 0 aliphatic carbocycles. The molecule has 0 amide bonds. The summed E-state index contributed by atoms with van der Waals surface area (Å²) >= 11 is 0. The van der Waals surface area contributed by atoms with E-state index >= 15 is 0 Å². The maximum Gasteiger partial charge on any atom is 0.123 e. The minimum absolute atomic E-state index is 0.177. The molecule has 0 bridgehead atoms. The van der Waals surface area contributed by atoms with Crippen molar-refractivity contribution >= 4 is 0 Å². The molecular weight excluding hydrogens is 177 g/mol. The van der Waals surface area contributed by atoms with Crippen LogP contribution in [-0.2, 0) is 6.54 Å². The van der Waals surface area contributed by atoms with Crippen LogP contribution in [-0.4, -0.2) is 6.54 Å². The summed E-state index contributed by atoms with van der Waals surface area (Å²) in [5.74, 6) is -0.177. The van der Waals surface area contributed by atoms with Gasteiger partial charge in [-0.2, -0.15) is 0 Å². The van der Waals surface area contributed by atoms with Gasteiger partial charge >= 0.3 is 0 Å². The summed E-state index contributed by atoms with van der Waals surface area (Å²) in [4.78, 5) is 0. The molecule has 1 rings (SSSR count). The average Bonchev–Trinajstić information content (AvgIpc) is 2.12. The topological polar surface area (TPSA) is 12.0 Å². The van der Waals surface area contributed by atoms with Crippen molar-refractivity contribution in [2.45, 2.75) is 19.9 Å². The molecule has 1 N–H and O–H groups in total. The summed E-state index contributed by atoms with van der Waals surface area (Å²) in [5.41, 5.74) is 2.14. The lowest BCUT2D eigenvalue weighted by molar-refractivity contribution is 0.620. The van der Waals surface area contributed by atoms with Crippen molar-refractivity contribution in [2.24, 2.45) is 0 Å². The van der Waals surface area contributed by atoms with Crippen LogP contribution in [0.25, 0.3) is 0 Å². The van der Waals surface area contributed by atoms with Gasteiger partial charge in [0.25, 0.3) is 0 Å². The molecular formula is C12H16FN. The summed E-state index contributed by atoms with van der Waals surface area (Å²) in [6, 6.07) is 6.65. The fourth-order valence-corrected chi connectivity index (χ4v) is 1.18. The predicted octanol–water partition coefficient (Wildman–Crippen LogP) is 2.88. The van der Waals surface area contributed by atoms with Crippen LogP contribution in [0.3, 0.4) is 0 Å². The van der Waals surface area contributed by atoms with E-state index in [0.29, 0.717) is 6.54 Å². The molecule has 76 valence electrons. The van der Waals surface area contributed by atoms with E-state index in [1.54, 1.807) is 12.1 Å². The van der Waals surface area contributed by atoms with E-state index < -0.39 is 0 Å². The molecule has 0 aliphatic heterocycles. The third kappa shape index (κ3) is 4.19. The molecule has 0 saturated carbocycles. The smallest absolute Gasteiger partial charge is 0.123 e. The van der Waals surface area contributed by atoms with Gasteiger partial charge in [-0.25, -0.2) is 4.39 Å². The van der Waals surface area contributed by atoms with Gasteiger partial charge in [0, 0.05) is 6.54 Å². The lowest BCUT2D eigenvalue weighted by Crippen LogP contribution is -2.14. The molecule has 14 heavy (non-hydrogen) atoms. The Morgan fingerprint density at radius 1 is 1.50 bits per heavy atom. The van der Waals surface area contributed by atoms with E-state index in [1.807, 2.05) is 13.0 Å². The van der Waals surface area contributed by atoms with Crippen LogP contribution in [0.15, 0.2) is 36.4 Å². The van der Waals surface area contributed by atoms with Gasteiger partial charge < -0.3 is 5.32 Å². The second-order valence-corrected chi connectivity index (χ2v) is 3.51. The fourth-order valence-electron chi connectivity index (χ4n) is 1.18. The third-order valence-electron chi connectivity index (χ3n) is 1.95. The lowest BCUT2D eigenvalue weighted by atomic mass is 10.2. The summed E-state index contributed by atoms with van der Waals surface area (Å²) in [6.45, 7) is 7.43. The molecule has 0 saturated heterocycles. The Hall–Kier alpha value is -1.15. The highest BCUT2D eigenvalue weighted by Gasteiger charge is 1.94. The van der Waals surface area contributed by atoms with Crippen LogP contribution in [0.4, 0.5) is 4.39 Å². The second kappa shape index (κ2) is 5.55. The zero-order chi connectivity index (χ0) is 10.4. The van der Waals surface area contributed by atoms with Crippen molar-refractivity contribution in [3.63, 3.8) is 0 Å². The first kappa shape index (κ1) is 10.9. The van der Waals surface area contributed by atoms with Crippen molar-refractivity contribution in [2.75, 3.05) is 6.54 Å². The van der Waals surface area contributed by atoms with Crippen LogP contribution in [0, 0.1) is 5.82 Å². The number of rotatable bonds is 5. The van der Waals surface area contributed by atoms with Crippen LogP contribution in [0.1, 0.15) is 18.9 Å². The molecule has 1 aromatic rings. The van der Waals surface area contributed by atoms with Crippen molar-refractivity contribution in [3.8, 4) is 0 Å². The third-order valence-corrected chi connectivity index (χ3v) is 1.95. The van der Waals surface area contributed by atoms with Crippen LogP contribution in [0.5, 0.6) is 0 Å². The molecule has 0 spiro atoms. The number of hydrogen-bond acceptors (Lipinski definition) is 1. The minimum atomic E-state index is -0.177.